The van der Waals surface area contributed by atoms with E-state index in [0.717, 1.165) is 52.5 Å². The highest BCUT2D eigenvalue weighted by Crippen LogP contribution is 2.29. The largest absolute Gasteiger partial charge is 0.495 e. The van der Waals surface area contributed by atoms with Crippen LogP contribution in [-0.4, -0.2) is 49.1 Å². The minimum atomic E-state index is 0.0770. The maximum absolute atomic E-state index is 13.0. The molecule has 0 unspecified atom stereocenters. The lowest BCUT2D eigenvalue weighted by Gasteiger charge is -2.36. The third-order valence-corrected chi connectivity index (χ3v) is 6.98. The van der Waals surface area contributed by atoms with E-state index in [9.17, 15) is 4.79 Å². The average molecular weight is 474 g/mol. The highest BCUT2D eigenvalue weighted by Gasteiger charge is 2.23. The van der Waals surface area contributed by atoms with Crippen LogP contribution in [0.15, 0.2) is 76.4 Å². The summed E-state index contributed by atoms with van der Waals surface area (Å²) < 4.78 is 11.3. The zero-order chi connectivity index (χ0) is 23.5. The van der Waals surface area contributed by atoms with Gasteiger partial charge in [-0.05, 0) is 54.4 Å². The first-order valence-corrected chi connectivity index (χ1v) is 12.4. The molecule has 1 saturated heterocycles. The molecule has 1 fully saturated rings. The molecular weight excluding hydrogens is 446 g/mol. The van der Waals surface area contributed by atoms with Crippen molar-refractivity contribution in [2.75, 3.05) is 38.2 Å². The lowest BCUT2D eigenvalue weighted by atomic mass is 10.1. The number of rotatable bonds is 6. The van der Waals surface area contributed by atoms with Gasteiger partial charge < -0.3 is 19.0 Å². The highest BCUT2D eigenvalue weighted by atomic mass is 32.2. The Morgan fingerprint density at radius 1 is 1.03 bits per heavy atom. The first-order valence-electron chi connectivity index (χ1n) is 11.4. The van der Waals surface area contributed by atoms with Crippen molar-refractivity contribution in [2.24, 2.45) is 0 Å². The fraction of sp³-hybridized carbons (Fsp3) is 0.259. The van der Waals surface area contributed by atoms with Gasteiger partial charge in [-0.25, -0.2) is 4.98 Å². The molecule has 0 bridgehead atoms. The molecular formula is C27H27N3O3S. The van der Waals surface area contributed by atoms with Crippen molar-refractivity contribution >= 4 is 34.5 Å². The van der Waals surface area contributed by atoms with E-state index in [0.29, 0.717) is 18.3 Å². The Morgan fingerprint density at radius 2 is 1.79 bits per heavy atom. The molecule has 1 amide bonds. The fourth-order valence-corrected chi connectivity index (χ4v) is 4.98. The molecule has 0 aliphatic carbocycles. The summed E-state index contributed by atoms with van der Waals surface area (Å²) in [6.45, 7) is 4.98. The van der Waals surface area contributed by atoms with Crippen molar-refractivity contribution in [1.82, 2.24) is 9.88 Å². The number of carbonyl (C=O) groups is 1. The number of para-hydroxylation sites is 2. The van der Waals surface area contributed by atoms with Crippen molar-refractivity contribution in [1.29, 1.82) is 0 Å². The molecule has 1 aliphatic heterocycles. The number of piperazine rings is 1. The third kappa shape index (κ3) is 4.75. The van der Waals surface area contributed by atoms with Gasteiger partial charge >= 0.3 is 0 Å². The summed E-state index contributed by atoms with van der Waals surface area (Å²) in [7, 11) is 1.69. The maximum atomic E-state index is 13.0. The van der Waals surface area contributed by atoms with Gasteiger partial charge in [-0.2, -0.15) is 0 Å². The second kappa shape index (κ2) is 9.81. The lowest BCUT2D eigenvalue weighted by molar-refractivity contribution is 0.0746. The van der Waals surface area contributed by atoms with Crippen LogP contribution in [0.4, 0.5) is 5.69 Å². The molecule has 4 aromatic rings. The van der Waals surface area contributed by atoms with E-state index in [1.54, 1.807) is 18.9 Å². The number of aromatic nitrogens is 1. The minimum Gasteiger partial charge on any atom is -0.495 e. The predicted molar refractivity (Wildman–Crippen MR) is 136 cm³/mol. The van der Waals surface area contributed by atoms with E-state index in [-0.39, 0.29) is 5.91 Å². The van der Waals surface area contributed by atoms with E-state index in [1.165, 1.54) is 5.56 Å². The third-order valence-electron chi connectivity index (χ3n) is 6.08. The topological polar surface area (TPSA) is 58.8 Å². The van der Waals surface area contributed by atoms with E-state index in [4.69, 9.17) is 9.15 Å². The molecule has 7 heteroatoms. The van der Waals surface area contributed by atoms with Gasteiger partial charge in [0.2, 0.25) is 0 Å². The number of nitrogens with zero attached hydrogens (tertiary/aromatic N) is 3. The van der Waals surface area contributed by atoms with Gasteiger partial charge in [0.25, 0.3) is 11.1 Å². The summed E-state index contributed by atoms with van der Waals surface area (Å²) in [6.07, 6.45) is 0. The summed E-state index contributed by atoms with van der Waals surface area (Å²) in [6, 6.07) is 21.9. The second-order valence-electron chi connectivity index (χ2n) is 8.39. The number of hydrogen-bond donors (Lipinski definition) is 0. The molecule has 0 N–H and O–H groups in total. The van der Waals surface area contributed by atoms with Crippen LogP contribution >= 0.6 is 11.8 Å². The average Bonchev–Trinajstić information content (AvgIpc) is 3.29. The number of amides is 1. The number of thioether (sulfide) groups is 1. The Labute approximate surface area is 203 Å². The molecule has 5 rings (SSSR count). The summed E-state index contributed by atoms with van der Waals surface area (Å²) in [5.74, 6) is 1.68. The van der Waals surface area contributed by atoms with Crippen LogP contribution in [0.25, 0.3) is 11.1 Å². The first kappa shape index (κ1) is 22.3. The summed E-state index contributed by atoms with van der Waals surface area (Å²) in [4.78, 5) is 21.8. The number of benzene rings is 3. The van der Waals surface area contributed by atoms with Gasteiger partial charge in [-0.3, -0.25) is 4.79 Å². The number of fused-ring (bicyclic) bond motifs is 1. The van der Waals surface area contributed by atoms with Gasteiger partial charge in [0, 0.05) is 37.5 Å². The number of hydrogen-bond acceptors (Lipinski definition) is 6. The van der Waals surface area contributed by atoms with Crippen LogP contribution in [0, 0.1) is 6.92 Å². The lowest BCUT2D eigenvalue weighted by Crippen LogP contribution is -2.48. The number of methoxy groups -OCH3 is 1. The van der Waals surface area contributed by atoms with Gasteiger partial charge in [0.05, 0.1) is 12.8 Å². The van der Waals surface area contributed by atoms with Gasteiger partial charge in [-0.1, -0.05) is 42.1 Å². The van der Waals surface area contributed by atoms with E-state index >= 15 is 0 Å². The molecule has 0 atom stereocenters. The molecule has 6 nitrogen and oxygen atoms in total. The Balaban J connectivity index is 1.17. The Morgan fingerprint density at radius 3 is 2.56 bits per heavy atom. The Kier molecular flexibility index (Phi) is 6.45. The van der Waals surface area contributed by atoms with E-state index in [2.05, 4.69) is 16.0 Å². The van der Waals surface area contributed by atoms with Crippen molar-refractivity contribution in [2.45, 2.75) is 17.9 Å². The van der Waals surface area contributed by atoms with Crippen LogP contribution < -0.4 is 9.64 Å². The number of aryl methyl sites for hydroxylation is 1. The van der Waals surface area contributed by atoms with Crippen LogP contribution in [0.2, 0.25) is 0 Å². The van der Waals surface area contributed by atoms with Crippen molar-refractivity contribution in [3.8, 4) is 5.75 Å². The molecule has 1 aromatic heterocycles. The summed E-state index contributed by atoms with van der Waals surface area (Å²) in [5.41, 5.74) is 5.78. The van der Waals surface area contributed by atoms with Gasteiger partial charge in [0.1, 0.15) is 11.3 Å². The van der Waals surface area contributed by atoms with Crippen LogP contribution in [0.3, 0.4) is 0 Å². The quantitative estimate of drug-likeness (QED) is 0.350. The molecule has 0 saturated carbocycles. The number of oxazole rings is 1. The van der Waals surface area contributed by atoms with Gasteiger partial charge in [0.15, 0.2) is 5.58 Å². The summed E-state index contributed by atoms with van der Waals surface area (Å²) >= 11 is 1.56. The van der Waals surface area contributed by atoms with Crippen LogP contribution in [0.5, 0.6) is 5.75 Å². The Bertz CT molecular complexity index is 1290. The molecule has 3 aromatic carbocycles. The van der Waals surface area contributed by atoms with E-state index in [1.807, 2.05) is 72.5 Å². The SMILES string of the molecule is COc1ccccc1N1CCN(C(=O)c2ccc(CSc3nc4cc(C)ccc4o3)cc2)CC1. The fourth-order valence-electron chi connectivity index (χ4n) is 4.19. The van der Waals surface area contributed by atoms with Crippen molar-refractivity contribution < 1.29 is 13.9 Å². The highest BCUT2D eigenvalue weighted by molar-refractivity contribution is 7.98. The zero-order valence-corrected chi connectivity index (χ0v) is 20.2. The van der Waals surface area contributed by atoms with Crippen LogP contribution in [-0.2, 0) is 5.75 Å². The van der Waals surface area contributed by atoms with E-state index < -0.39 is 0 Å². The molecule has 34 heavy (non-hydrogen) atoms. The predicted octanol–water partition coefficient (Wildman–Crippen LogP) is 5.40. The summed E-state index contributed by atoms with van der Waals surface area (Å²) in [5, 5.41) is 0.661. The van der Waals surface area contributed by atoms with Crippen molar-refractivity contribution in [3.63, 3.8) is 0 Å². The van der Waals surface area contributed by atoms with Gasteiger partial charge in [-0.15, -0.1) is 0 Å². The Hall–Kier alpha value is -3.45. The first-order chi connectivity index (χ1) is 16.6. The standard InChI is InChI=1S/C27H27N3O3S/c1-19-7-12-24-22(17-19)28-27(33-24)34-18-20-8-10-21(11-9-20)26(31)30-15-13-29(14-16-30)23-5-3-4-6-25(23)32-2/h3-12,17H,13-16,18H2,1-2H3. The molecule has 174 valence electrons. The maximum Gasteiger partial charge on any atom is 0.257 e. The second-order valence-corrected chi connectivity index (χ2v) is 9.31. The molecule has 1 aliphatic rings. The normalized spacial score (nSPS) is 13.9. The smallest absolute Gasteiger partial charge is 0.257 e. The molecule has 0 spiro atoms. The zero-order valence-electron chi connectivity index (χ0n) is 19.4. The number of anilines is 1. The minimum absolute atomic E-state index is 0.0770. The van der Waals surface area contributed by atoms with Crippen LogP contribution in [0.1, 0.15) is 21.5 Å². The monoisotopic (exact) mass is 473 g/mol. The number of ether oxygens (including phenoxy) is 1. The number of carbonyl (C=O) groups excluding carboxylic acids is 1. The molecule has 2 heterocycles. The van der Waals surface area contributed by atoms with Crippen molar-refractivity contribution in [3.05, 3.63) is 83.4 Å². The molecule has 0 radical (unpaired) electrons.